The number of aliphatic hydroxyl groups excluding tert-OH is 1. The molecule has 2 aromatic carbocycles. The fourth-order valence-corrected chi connectivity index (χ4v) is 3.80. The van der Waals surface area contributed by atoms with Crippen molar-refractivity contribution in [2.45, 2.75) is 36.6 Å². The fourth-order valence-electron chi connectivity index (χ4n) is 3.80. The number of benzene rings is 2. The number of rotatable bonds is 5. The highest BCUT2D eigenvalue weighted by Gasteiger charge is 2.47. The van der Waals surface area contributed by atoms with E-state index in [9.17, 15) is 45.0 Å². The summed E-state index contributed by atoms with van der Waals surface area (Å²) in [5, 5.41) is 59.3. The highest BCUT2D eigenvalue weighted by Crippen LogP contribution is 2.28. The number of nitrogens with two attached hydrogens (primary N) is 2. The maximum absolute atomic E-state index is 13.0. The van der Waals surface area contributed by atoms with E-state index >= 15 is 0 Å². The number of hydrogen-bond acceptors (Lipinski definition) is 11. The van der Waals surface area contributed by atoms with Crippen molar-refractivity contribution in [3.8, 4) is 23.0 Å². The molecule has 38 heavy (non-hydrogen) atoms. The summed E-state index contributed by atoms with van der Waals surface area (Å²) in [6.07, 6.45) is 2.24. The molecule has 13 heteroatoms. The average molecular weight is 529 g/mol. The lowest BCUT2D eigenvalue weighted by Gasteiger charge is -2.40. The van der Waals surface area contributed by atoms with Crippen LogP contribution >= 0.6 is 0 Å². The molecule has 0 radical (unpaired) electrons. The van der Waals surface area contributed by atoms with Gasteiger partial charge in [0, 0.05) is 37.1 Å². The van der Waals surface area contributed by atoms with Crippen LogP contribution in [0.25, 0.3) is 12.2 Å². The van der Waals surface area contributed by atoms with Gasteiger partial charge in [-0.05, 0) is 47.5 Å². The summed E-state index contributed by atoms with van der Waals surface area (Å²) < 4.78 is 0. The molecule has 0 heterocycles. The van der Waals surface area contributed by atoms with Gasteiger partial charge in [0.25, 0.3) is 17.7 Å². The third-order valence-corrected chi connectivity index (χ3v) is 5.94. The molecule has 13 nitrogen and oxygen atoms in total. The second kappa shape index (κ2) is 11.3. The molecule has 3 amide bonds. The number of nitrogens with one attached hydrogen (secondary N) is 1. The number of nitrogens with zero attached hydrogens (tertiary/aromatic N) is 1. The van der Waals surface area contributed by atoms with E-state index in [1.807, 2.05) is 0 Å². The number of carbonyl (C=O) groups is 3. The van der Waals surface area contributed by atoms with Gasteiger partial charge < -0.3 is 42.1 Å². The molecule has 0 saturated heterocycles. The Morgan fingerprint density at radius 3 is 1.63 bits per heavy atom. The SMILES string of the molecule is NC1CC(O)(C(=O)NN(C(=O)C=Cc2ccc(O)c(O)c2)C(=O)C=Cc2ccc(O)c(O)c2)CC(N)C1O. The molecule has 1 fully saturated rings. The molecule has 1 aliphatic rings. The first-order chi connectivity index (χ1) is 17.8. The predicted molar refractivity (Wildman–Crippen MR) is 134 cm³/mol. The Morgan fingerprint density at radius 1 is 0.816 bits per heavy atom. The second-order valence-corrected chi connectivity index (χ2v) is 8.87. The van der Waals surface area contributed by atoms with E-state index in [0.29, 0.717) is 5.01 Å². The van der Waals surface area contributed by atoms with Crippen molar-refractivity contribution < 1.29 is 45.0 Å². The van der Waals surface area contributed by atoms with Crippen LogP contribution in [0.4, 0.5) is 0 Å². The number of imide groups is 1. The number of amides is 3. The number of aromatic hydroxyl groups is 4. The van der Waals surface area contributed by atoms with Crippen LogP contribution < -0.4 is 16.9 Å². The van der Waals surface area contributed by atoms with Crippen molar-refractivity contribution in [3.63, 3.8) is 0 Å². The first-order valence-corrected chi connectivity index (χ1v) is 11.3. The molecule has 1 aliphatic carbocycles. The Balaban J connectivity index is 1.87. The van der Waals surface area contributed by atoms with Crippen molar-refractivity contribution in [1.82, 2.24) is 10.4 Å². The zero-order valence-corrected chi connectivity index (χ0v) is 19.9. The van der Waals surface area contributed by atoms with Crippen molar-refractivity contribution >= 4 is 29.9 Å². The standard InChI is InChI=1S/C25H28N4O9/c26-15-11-25(38,12-16(27)23(15)36)24(37)28-29(21(34)7-3-13-1-5-17(30)19(32)9-13)22(35)8-4-14-2-6-18(31)20(33)10-14/h1-10,15-16,23,30-33,36,38H,11-12,26-27H2,(H,28,37). The van der Waals surface area contributed by atoms with Gasteiger partial charge in [-0.2, -0.15) is 5.01 Å². The predicted octanol–water partition coefficient (Wildman–Crippen LogP) is -0.838. The molecule has 0 spiro atoms. The van der Waals surface area contributed by atoms with Crippen molar-refractivity contribution in [2.75, 3.05) is 0 Å². The fraction of sp³-hybridized carbons (Fsp3) is 0.240. The summed E-state index contributed by atoms with van der Waals surface area (Å²) in [7, 11) is 0. The Hall–Kier alpha value is -4.43. The lowest BCUT2D eigenvalue weighted by Crippen LogP contribution is -2.65. The minimum absolute atomic E-state index is 0.277. The summed E-state index contributed by atoms with van der Waals surface area (Å²) in [4.78, 5) is 38.9. The van der Waals surface area contributed by atoms with E-state index in [2.05, 4.69) is 5.43 Å². The highest BCUT2D eigenvalue weighted by atomic mass is 16.3. The Bertz CT molecular complexity index is 1210. The van der Waals surface area contributed by atoms with Gasteiger partial charge in [0.05, 0.1) is 6.10 Å². The van der Waals surface area contributed by atoms with Gasteiger partial charge >= 0.3 is 0 Å². The second-order valence-electron chi connectivity index (χ2n) is 8.87. The highest BCUT2D eigenvalue weighted by molar-refractivity contribution is 6.09. The van der Waals surface area contributed by atoms with Crippen LogP contribution in [0.2, 0.25) is 0 Å². The van der Waals surface area contributed by atoms with Gasteiger partial charge in [-0.3, -0.25) is 19.8 Å². The topological polar surface area (TPSA) is 240 Å². The molecule has 2 atom stereocenters. The van der Waals surface area contributed by atoms with Crippen molar-refractivity contribution in [3.05, 3.63) is 59.7 Å². The van der Waals surface area contributed by atoms with E-state index in [0.717, 1.165) is 24.3 Å². The molecule has 2 unspecified atom stereocenters. The maximum atomic E-state index is 13.0. The molecule has 0 bridgehead atoms. The maximum Gasteiger partial charge on any atom is 0.272 e. The van der Waals surface area contributed by atoms with Gasteiger partial charge in [0.15, 0.2) is 23.0 Å². The summed E-state index contributed by atoms with van der Waals surface area (Å²) in [5.74, 6) is -4.94. The molecule has 0 aliphatic heterocycles. The van der Waals surface area contributed by atoms with Gasteiger partial charge in [-0.1, -0.05) is 12.1 Å². The third kappa shape index (κ3) is 6.46. The summed E-state index contributed by atoms with van der Waals surface area (Å²) in [5.41, 5.74) is 12.0. The molecule has 0 aromatic heterocycles. The molecule has 11 N–H and O–H groups in total. The van der Waals surface area contributed by atoms with E-state index in [-0.39, 0.29) is 22.6 Å². The monoisotopic (exact) mass is 528 g/mol. The van der Waals surface area contributed by atoms with E-state index < -0.39 is 65.9 Å². The van der Waals surface area contributed by atoms with Crippen LogP contribution in [0.3, 0.4) is 0 Å². The summed E-state index contributed by atoms with van der Waals surface area (Å²) in [6, 6.07) is 5.33. The number of phenolic OH excluding ortho intramolecular Hbond substituents is 4. The molecule has 1 saturated carbocycles. The van der Waals surface area contributed by atoms with Crippen LogP contribution in [0.5, 0.6) is 23.0 Å². The summed E-state index contributed by atoms with van der Waals surface area (Å²) in [6.45, 7) is 0. The minimum Gasteiger partial charge on any atom is -0.504 e. The van der Waals surface area contributed by atoms with Gasteiger partial charge in [0.2, 0.25) is 0 Å². The third-order valence-electron chi connectivity index (χ3n) is 5.94. The molecule has 2 aromatic rings. The Kier molecular flexibility index (Phi) is 8.38. The van der Waals surface area contributed by atoms with E-state index in [1.165, 1.54) is 36.4 Å². The number of hydrogen-bond donors (Lipinski definition) is 9. The van der Waals surface area contributed by atoms with Gasteiger partial charge in [-0.25, -0.2) is 0 Å². The first kappa shape index (κ1) is 28.1. The first-order valence-electron chi connectivity index (χ1n) is 11.3. The zero-order chi connectivity index (χ0) is 28.2. The lowest BCUT2D eigenvalue weighted by atomic mass is 9.77. The van der Waals surface area contributed by atoms with Gasteiger partial charge in [-0.15, -0.1) is 0 Å². The van der Waals surface area contributed by atoms with Crippen LogP contribution in [0.1, 0.15) is 24.0 Å². The smallest absolute Gasteiger partial charge is 0.272 e. The number of carbonyl (C=O) groups excluding carboxylic acids is 3. The quantitative estimate of drug-likeness (QED) is 0.132. The van der Waals surface area contributed by atoms with E-state index in [1.54, 1.807) is 0 Å². The number of phenols is 4. The zero-order valence-electron chi connectivity index (χ0n) is 19.9. The lowest BCUT2D eigenvalue weighted by molar-refractivity contribution is -0.160. The van der Waals surface area contributed by atoms with Crippen LogP contribution in [-0.2, 0) is 14.4 Å². The average Bonchev–Trinajstić information content (AvgIpc) is 2.86. The summed E-state index contributed by atoms with van der Waals surface area (Å²) >= 11 is 0. The minimum atomic E-state index is -2.20. The number of aliphatic hydroxyl groups is 2. The molecule has 202 valence electrons. The van der Waals surface area contributed by atoms with Crippen molar-refractivity contribution in [1.29, 1.82) is 0 Å². The van der Waals surface area contributed by atoms with Crippen molar-refractivity contribution in [2.24, 2.45) is 11.5 Å². The molecular weight excluding hydrogens is 500 g/mol. The molecular formula is C25H28N4O9. The van der Waals surface area contributed by atoms with Crippen LogP contribution in [-0.4, -0.2) is 77.2 Å². The normalized spacial score (nSPS) is 23.4. The van der Waals surface area contributed by atoms with Gasteiger partial charge in [0.1, 0.15) is 5.60 Å². The molecule has 3 rings (SSSR count). The number of hydrazine groups is 1. The largest absolute Gasteiger partial charge is 0.504 e. The Morgan fingerprint density at radius 2 is 1.24 bits per heavy atom. The van der Waals surface area contributed by atoms with Crippen LogP contribution in [0, 0.1) is 0 Å². The van der Waals surface area contributed by atoms with Crippen LogP contribution in [0.15, 0.2) is 48.6 Å². The Labute approximate surface area is 216 Å². The van der Waals surface area contributed by atoms with E-state index in [4.69, 9.17) is 11.5 Å².